The molecule has 0 fully saturated rings. The highest BCUT2D eigenvalue weighted by molar-refractivity contribution is 7.89. The molecule has 0 saturated carbocycles. The quantitative estimate of drug-likeness (QED) is 0.634. The summed E-state index contributed by atoms with van der Waals surface area (Å²) in [5.74, 6) is 0.0208. The number of nitrogens with one attached hydrogen (secondary N) is 1. The van der Waals surface area contributed by atoms with E-state index in [0.717, 1.165) is 6.07 Å². The highest BCUT2D eigenvalue weighted by atomic mass is 32.2. The van der Waals surface area contributed by atoms with Gasteiger partial charge < -0.3 is 4.74 Å². The summed E-state index contributed by atoms with van der Waals surface area (Å²) in [5.41, 5.74) is -0.380. The van der Waals surface area contributed by atoms with Crippen LogP contribution >= 0.6 is 0 Å². The van der Waals surface area contributed by atoms with E-state index in [0.29, 0.717) is 6.42 Å². The maximum atomic E-state index is 12.0. The lowest BCUT2D eigenvalue weighted by atomic mass is 10.3. The lowest BCUT2D eigenvalue weighted by Crippen LogP contribution is -2.32. The largest absolute Gasteiger partial charge is 0.490 e. The number of nitrogens with zero attached hydrogens (tertiary/aromatic N) is 1. The van der Waals surface area contributed by atoms with Crippen LogP contribution in [0.15, 0.2) is 23.1 Å². The Labute approximate surface area is 111 Å². The van der Waals surface area contributed by atoms with E-state index in [4.69, 9.17) is 4.74 Å². The van der Waals surface area contributed by atoms with Crippen LogP contribution < -0.4 is 9.46 Å². The summed E-state index contributed by atoms with van der Waals surface area (Å²) < 4.78 is 31.3. The highest BCUT2D eigenvalue weighted by Crippen LogP contribution is 2.29. The van der Waals surface area contributed by atoms with Gasteiger partial charge in [-0.2, -0.15) is 0 Å². The van der Waals surface area contributed by atoms with Crippen LogP contribution in [0.5, 0.6) is 5.75 Å². The van der Waals surface area contributed by atoms with Gasteiger partial charge in [0.1, 0.15) is 0 Å². The molecule has 0 aliphatic rings. The Morgan fingerprint density at radius 3 is 2.58 bits per heavy atom. The average Bonchev–Trinajstić information content (AvgIpc) is 2.37. The number of sulfonamides is 1. The van der Waals surface area contributed by atoms with E-state index in [1.54, 1.807) is 6.92 Å². The molecule has 0 bridgehead atoms. The molecular formula is C11H16N2O5S. The molecule has 0 heterocycles. The van der Waals surface area contributed by atoms with Gasteiger partial charge in [0.2, 0.25) is 10.0 Å². The molecule has 0 aliphatic carbocycles. The number of hydrogen-bond donors (Lipinski definition) is 1. The van der Waals surface area contributed by atoms with E-state index in [1.165, 1.54) is 19.2 Å². The third-order valence-corrected chi connectivity index (χ3v) is 4.21. The van der Waals surface area contributed by atoms with Crippen molar-refractivity contribution in [3.05, 3.63) is 28.3 Å². The van der Waals surface area contributed by atoms with Gasteiger partial charge in [-0.3, -0.25) is 10.1 Å². The summed E-state index contributed by atoms with van der Waals surface area (Å²) >= 11 is 0. The van der Waals surface area contributed by atoms with Crippen molar-refractivity contribution in [2.75, 3.05) is 7.11 Å². The molecule has 0 spiro atoms. The Kier molecular flexibility index (Phi) is 4.84. The van der Waals surface area contributed by atoms with Crippen LogP contribution in [0, 0.1) is 10.1 Å². The molecule has 0 saturated heterocycles. The summed E-state index contributed by atoms with van der Waals surface area (Å²) in [5, 5.41) is 10.8. The van der Waals surface area contributed by atoms with Gasteiger partial charge in [0.15, 0.2) is 5.75 Å². The molecule has 1 N–H and O–H groups in total. The normalized spacial score (nSPS) is 13.0. The van der Waals surface area contributed by atoms with Crippen molar-refractivity contribution in [2.24, 2.45) is 0 Å². The minimum Gasteiger partial charge on any atom is -0.490 e. The van der Waals surface area contributed by atoms with Crippen LogP contribution in [0.4, 0.5) is 5.69 Å². The van der Waals surface area contributed by atoms with E-state index in [1.807, 2.05) is 6.92 Å². The first kappa shape index (κ1) is 15.4. The molecule has 0 aliphatic heterocycles. The summed E-state index contributed by atoms with van der Waals surface area (Å²) in [6.45, 7) is 3.55. The van der Waals surface area contributed by atoms with Gasteiger partial charge in [-0.25, -0.2) is 13.1 Å². The van der Waals surface area contributed by atoms with E-state index >= 15 is 0 Å². The van der Waals surface area contributed by atoms with Gasteiger partial charge in [-0.15, -0.1) is 0 Å². The zero-order valence-corrected chi connectivity index (χ0v) is 11.7. The van der Waals surface area contributed by atoms with Crippen LogP contribution in [0.3, 0.4) is 0 Å². The van der Waals surface area contributed by atoms with Crippen LogP contribution in [0.2, 0.25) is 0 Å². The summed E-state index contributed by atoms with van der Waals surface area (Å²) in [4.78, 5) is 10.0. The predicted molar refractivity (Wildman–Crippen MR) is 69.7 cm³/mol. The fourth-order valence-electron chi connectivity index (χ4n) is 1.40. The number of rotatable bonds is 6. The van der Waals surface area contributed by atoms with E-state index in [-0.39, 0.29) is 22.4 Å². The second kappa shape index (κ2) is 5.98. The zero-order valence-electron chi connectivity index (χ0n) is 10.9. The number of benzene rings is 1. The first-order chi connectivity index (χ1) is 8.81. The SMILES string of the molecule is CC[C@H](C)NS(=O)(=O)c1ccc(OC)c([N+](=O)[O-])c1. The maximum absolute atomic E-state index is 12.0. The Morgan fingerprint density at radius 1 is 1.47 bits per heavy atom. The maximum Gasteiger partial charge on any atom is 0.312 e. The minimum absolute atomic E-state index is 0.0208. The average molecular weight is 288 g/mol. The minimum atomic E-state index is -3.76. The van der Waals surface area contributed by atoms with Crippen LogP contribution in [0.1, 0.15) is 20.3 Å². The molecule has 1 aromatic carbocycles. The molecule has 0 amide bonds. The number of hydrogen-bond acceptors (Lipinski definition) is 5. The molecule has 1 aromatic rings. The third kappa shape index (κ3) is 3.65. The number of nitro benzene ring substituents is 1. The topological polar surface area (TPSA) is 98.5 Å². The second-order valence-electron chi connectivity index (χ2n) is 4.02. The molecule has 1 rings (SSSR count). The third-order valence-electron chi connectivity index (χ3n) is 2.63. The predicted octanol–water partition coefficient (Wildman–Crippen LogP) is 1.68. The zero-order chi connectivity index (χ0) is 14.6. The van der Waals surface area contributed by atoms with Gasteiger partial charge in [0.05, 0.1) is 16.9 Å². The molecule has 7 nitrogen and oxygen atoms in total. The summed E-state index contributed by atoms with van der Waals surface area (Å²) in [6, 6.07) is 3.29. The number of ether oxygens (including phenoxy) is 1. The highest BCUT2D eigenvalue weighted by Gasteiger charge is 2.22. The summed E-state index contributed by atoms with van der Waals surface area (Å²) in [6.07, 6.45) is 0.622. The lowest BCUT2D eigenvalue weighted by Gasteiger charge is -2.12. The molecule has 0 radical (unpaired) electrons. The molecular weight excluding hydrogens is 272 g/mol. The van der Waals surface area contributed by atoms with Crippen LogP contribution in [-0.2, 0) is 10.0 Å². The molecule has 0 unspecified atom stereocenters. The number of nitro groups is 1. The summed E-state index contributed by atoms with van der Waals surface area (Å²) in [7, 11) is -2.48. The Balaban J connectivity index is 3.22. The lowest BCUT2D eigenvalue weighted by molar-refractivity contribution is -0.386. The first-order valence-corrected chi connectivity index (χ1v) is 7.15. The molecule has 106 valence electrons. The van der Waals surface area contributed by atoms with Crippen molar-refractivity contribution in [1.82, 2.24) is 4.72 Å². The fraction of sp³-hybridized carbons (Fsp3) is 0.455. The second-order valence-corrected chi connectivity index (χ2v) is 5.74. The van der Waals surface area contributed by atoms with Gasteiger partial charge in [-0.05, 0) is 25.5 Å². The van der Waals surface area contributed by atoms with Crippen LogP contribution in [-0.4, -0.2) is 26.5 Å². The van der Waals surface area contributed by atoms with Crippen molar-refractivity contribution in [3.63, 3.8) is 0 Å². The van der Waals surface area contributed by atoms with E-state index < -0.39 is 14.9 Å². The van der Waals surface area contributed by atoms with E-state index in [9.17, 15) is 18.5 Å². The molecule has 19 heavy (non-hydrogen) atoms. The Morgan fingerprint density at radius 2 is 2.11 bits per heavy atom. The fourth-order valence-corrected chi connectivity index (χ4v) is 2.74. The van der Waals surface area contributed by atoms with Crippen LogP contribution in [0.25, 0.3) is 0 Å². The standard InChI is InChI=1S/C11H16N2O5S/c1-4-8(2)12-19(16,17)9-5-6-11(18-3)10(7-9)13(14)15/h5-8,12H,4H2,1-3H3/t8-/m0/s1. The first-order valence-electron chi connectivity index (χ1n) is 5.66. The van der Waals surface area contributed by atoms with Gasteiger partial charge in [0, 0.05) is 12.1 Å². The van der Waals surface area contributed by atoms with Gasteiger partial charge >= 0.3 is 5.69 Å². The van der Waals surface area contributed by atoms with Crippen molar-refractivity contribution in [2.45, 2.75) is 31.2 Å². The molecule has 1 atom stereocenters. The smallest absolute Gasteiger partial charge is 0.312 e. The van der Waals surface area contributed by atoms with Gasteiger partial charge in [-0.1, -0.05) is 6.92 Å². The Bertz CT molecular complexity index is 570. The van der Waals surface area contributed by atoms with Crippen molar-refractivity contribution >= 4 is 15.7 Å². The van der Waals surface area contributed by atoms with Crippen molar-refractivity contribution in [1.29, 1.82) is 0 Å². The Hall–Kier alpha value is -1.67. The monoisotopic (exact) mass is 288 g/mol. The van der Waals surface area contributed by atoms with Gasteiger partial charge in [0.25, 0.3) is 0 Å². The molecule has 8 heteroatoms. The number of methoxy groups -OCH3 is 1. The van der Waals surface area contributed by atoms with E-state index in [2.05, 4.69) is 4.72 Å². The van der Waals surface area contributed by atoms with Crippen molar-refractivity contribution < 1.29 is 18.1 Å². The van der Waals surface area contributed by atoms with Crippen molar-refractivity contribution in [3.8, 4) is 5.75 Å². The molecule has 0 aromatic heterocycles.